The van der Waals surface area contributed by atoms with E-state index in [1.54, 1.807) is 240 Å². The first-order valence-corrected chi connectivity index (χ1v) is 69.4. The Labute approximate surface area is 595 Å². The molecule has 0 bridgehead atoms. The Bertz CT molecular complexity index is 3860. The van der Waals surface area contributed by atoms with Crippen molar-refractivity contribution >= 4 is 369 Å². The molecule has 0 unspecified atom stereocenters. The van der Waals surface area contributed by atoms with E-state index >= 15 is 0 Å². The van der Waals surface area contributed by atoms with Gasteiger partial charge in [0.05, 0.1) is 6.61 Å². The molecular weight excluding hydrogens is 1760 g/mol. The van der Waals surface area contributed by atoms with Crippen molar-refractivity contribution in [2.24, 2.45) is 0 Å². The van der Waals surface area contributed by atoms with Crippen LogP contribution in [0.5, 0.6) is 5.88 Å². The van der Waals surface area contributed by atoms with Crippen LogP contribution in [0.4, 0.5) is 0 Å². The van der Waals surface area contributed by atoms with Gasteiger partial charge in [0, 0.05) is 392 Å². The first-order chi connectivity index (χ1) is 38.4. The number of pyridine rings is 2. The Kier molecular flexibility index (Phi) is 87.0. The maximum Gasteiger partial charge on any atom is 0.216 e. The van der Waals surface area contributed by atoms with Gasteiger partial charge in [-0.25, -0.2) is 4.98 Å². The van der Waals surface area contributed by atoms with Crippen molar-refractivity contribution in [1.29, 1.82) is 0 Å². The van der Waals surface area contributed by atoms with E-state index in [4.69, 9.17) is 54.6 Å². The average Bonchev–Trinajstić information content (AvgIpc) is 3.47. The maximum absolute atomic E-state index is 8.54. The van der Waals surface area contributed by atoms with Crippen LogP contribution in [0.15, 0.2) is 72.8 Å². The van der Waals surface area contributed by atoms with Crippen LogP contribution in [0.2, 0.25) is 0 Å². The lowest BCUT2D eigenvalue weighted by Gasteiger charge is -2.10. The molecule has 4 nitrogen and oxygen atoms in total. The van der Waals surface area contributed by atoms with Gasteiger partial charge in [0.1, 0.15) is 6.61 Å². The van der Waals surface area contributed by atoms with Gasteiger partial charge in [-0.05, 0) is 82.3 Å². The molecule has 0 saturated heterocycles. The third kappa shape index (κ3) is 66.1. The smallest absolute Gasteiger partial charge is 0.216 e. The van der Waals surface area contributed by atoms with Crippen LogP contribution in [0.1, 0.15) is 78.2 Å². The predicted octanol–water partition coefficient (Wildman–Crippen LogP) is 9.04. The van der Waals surface area contributed by atoms with Crippen molar-refractivity contribution in [3.63, 3.8) is 0 Å². The number of aromatic nitrogens is 2. The van der Waals surface area contributed by atoms with E-state index in [9.17, 15) is 0 Å². The summed E-state index contributed by atoms with van der Waals surface area (Å²) in [5.74, 6) is 0.733. The molecule has 0 saturated carbocycles. The van der Waals surface area contributed by atoms with E-state index in [0.29, 0.717) is 6.61 Å². The molecule has 0 atom stereocenters. The van der Waals surface area contributed by atoms with Crippen molar-refractivity contribution in [3.05, 3.63) is 123 Å². The number of hydrogen-bond acceptors (Lipinski definition) is 10. The lowest BCUT2D eigenvalue weighted by Crippen LogP contribution is -2.01. The predicted molar refractivity (Wildman–Crippen MR) is 462 cm³/mol. The number of aliphatic hydroxyl groups is 1. The molecule has 0 spiro atoms. The molecule has 0 radical (unpaired) electrons. The highest BCUT2D eigenvalue weighted by molar-refractivity contribution is 8.79. The number of rotatable bonds is 4. The minimum atomic E-state index is 0.140. The summed E-state index contributed by atoms with van der Waals surface area (Å²) in [6, 6.07) is 23.9. The number of ether oxygens (including phenoxy) is 1. The molecule has 2 heterocycles. The number of benzene rings is 2. The van der Waals surface area contributed by atoms with Crippen molar-refractivity contribution < 1.29 is 9.84 Å². The van der Waals surface area contributed by atoms with Crippen molar-refractivity contribution in [1.82, 2.24) is 9.97 Å². The molecule has 0 aliphatic carbocycles. The molecule has 79 heavy (non-hydrogen) atoms. The molecule has 0 amide bonds. The van der Waals surface area contributed by atoms with Gasteiger partial charge in [0.2, 0.25) is 5.88 Å². The largest absolute Gasteiger partial charge is 0.473 e. The molecule has 2 aromatic carbocycles. The van der Waals surface area contributed by atoms with Crippen LogP contribution in [-0.4, -0.2) is 15.1 Å². The molecule has 0 aliphatic heterocycles. The highest BCUT2D eigenvalue weighted by Crippen LogP contribution is 2.19. The zero-order valence-corrected chi connectivity index (χ0v) is 75.1. The van der Waals surface area contributed by atoms with E-state index in [1.165, 1.54) is 78.9 Å². The fourth-order valence-electron chi connectivity index (χ4n) is 3.55. The fraction of sp³-hybridized carbons (Fsp3) is 0.371. The maximum atomic E-state index is 8.54. The number of aliphatic hydroxyl groups excluding tert-OH is 1. The SMILES string of the molecule is CC.CC.Cc1cc(C)c(C)nc1C.Cc1cc(C)c(OCc2ccccc2)nc1C.OCc1ccccc1.S=S=S=S=S.S=S=S=S=S=S=S=S=S=S=S=S=S=S=S=S=S.S=S=S=S=S=S=S=S=S=S=S=S=S=S=S=S=S=S. The van der Waals surface area contributed by atoms with Gasteiger partial charge < -0.3 is 9.84 Å². The zero-order valence-electron chi connectivity index (χ0n) is 42.4. The Morgan fingerprint density at radius 1 is 0.329 bits per heavy atom. The molecule has 0 aliphatic rings. The fourth-order valence-corrected chi connectivity index (χ4v) is 80.4. The van der Waals surface area contributed by atoms with Gasteiger partial charge in [-0.2, -0.15) is 0 Å². The van der Waals surface area contributed by atoms with Gasteiger partial charge in [-0.3, -0.25) is 4.98 Å². The molecule has 2 aromatic heterocycles. The van der Waals surface area contributed by atoms with Crippen LogP contribution in [0.3, 0.4) is 0 Å². The molecule has 4 aromatic rings. The molecule has 0 fully saturated rings. The normalized spacial score (nSPS) is 8.15. The third-order valence-electron chi connectivity index (χ3n) is 6.62. The Balaban J connectivity index is -0.000000437. The first-order valence-electron chi connectivity index (χ1n) is 20.1. The van der Waals surface area contributed by atoms with Gasteiger partial charge in [-0.15, -0.1) is 0 Å². The molecular formula is C35H50N2O2S40. The van der Waals surface area contributed by atoms with Gasteiger partial charge in [-0.1, -0.05) is 94.4 Å². The van der Waals surface area contributed by atoms with E-state index in [0.717, 1.165) is 39.7 Å². The molecule has 44 heteroatoms. The number of aryl methyl sites for hydroxylation is 7. The Morgan fingerprint density at radius 2 is 0.570 bits per heavy atom. The first kappa shape index (κ1) is 90.7. The molecule has 452 valence electrons. The lowest BCUT2D eigenvalue weighted by molar-refractivity contribution is 0.282. The van der Waals surface area contributed by atoms with E-state index in [-0.39, 0.29) is 6.61 Å². The minimum Gasteiger partial charge on any atom is -0.473 e. The van der Waals surface area contributed by atoms with Crippen molar-refractivity contribution in [2.75, 3.05) is 0 Å². The van der Waals surface area contributed by atoms with Crippen LogP contribution >= 0.6 is 0 Å². The van der Waals surface area contributed by atoms with Crippen LogP contribution in [0, 0.1) is 48.5 Å². The second kappa shape index (κ2) is 75.8. The number of hydrogen-bond donors (Lipinski definition) is 1. The van der Waals surface area contributed by atoms with Gasteiger partial charge in [0.15, 0.2) is 0 Å². The number of nitrogens with zero attached hydrogens (tertiary/aromatic N) is 2. The Hall–Kier alpha value is 5.30. The summed E-state index contributed by atoms with van der Waals surface area (Å²) in [6.45, 7) is 23.1. The van der Waals surface area contributed by atoms with Crippen LogP contribution in [0.25, 0.3) is 0 Å². The third-order valence-corrected chi connectivity index (χ3v) is 75.5. The summed E-state index contributed by atoms with van der Waals surface area (Å²) in [7, 11) is 56.5. The summed E-state index contributed by atoms with van der Waals surface area (Å²) in [5.41, 5.74) is 10.3. The van der Waals surface area contributed by atoms with E-state index < -0.39 is 0 Å². The Morgan fingerprint density at radius 3 is 0.797 bits per heavy atom. The summed E-state index contributed by atoms with van der Waals surface area (Å²) in [5, 5.41) is 8.54. The highest BCUT2D eigenvalue weighted by atomic mass is 33.5. The van der Waals surface area contributed by atoms with Crippen LogP contribution in [-0.2, 0) is 382 Å². The van der Waals surface area contributed by atoms with Crippen molar-refractivity contribution in [3.8, 4) is 5.88 Å². The summed E-state index contributed by atoms with van der Waals surface area (Å²) < 4.78 is 5.75. The van der Waals surface area contributed by atoms with Gasteiger partial charge in [0.25, 0.3) is 0 Å². The topological polar surface area (TPSA) is 55.2 Å². The molecule has 1 N–H and O–H groups in total. The monoisotopic (exact) mass is 1810 g/mol. The quantitative estimate of drug-likeness (QED) is 0.215. The average molecular weight is 1810 g/mol. The van der Waals surface area contributed by atoms with Gasteiger partial charge >= 0.3 is 0 Å². The van der Waals surface area contributed by atoms with E-state index in [1.807, 2.05) is 104 Å². The zero-order chi connectivity index (χ0) is 59.8. The molecule has 4 rings (SSSR count). The van der Waals surface area contributed by atoms with Crippen LogP contribution < -0.4 is 4.74 Å². The van der Waals surface area contributed by atoms with E-state index in [2.05, 4.69) is 77.4 Å². The summed E-state index contributed by atoms with van der Waals surface area (Å²) in [6.07, 6.45) is 0. The minimum absolute atomic E-state index is 0.140. The highest BCUT2D eigenvalue weighted by Gasteiger charge is 2.05. The standard InChI is InChI=1S/C15H17NO.C9H13N.C7H8O.2C2H6.S18.S17.S5/c1-11-9-12(2)15(16-13(11)3)17-10-14-7-5-4-6-8-14;1-6-5-7(2)9(4)10-8(6)3;8-6-7-4-2-1-3-5-7;2*1-2;1-3-5-7-9-11-13-15-17-18-16-14-12-10-8-6-4-2;1-3-5-7-9-11-13-15-17-16-14-12-10-8-6-4-2;1-3-5-4-2/h4-9H,10H2,1-3H3;5H,1-4H3;1-5,8H,6H2;2*1-2H3;;;. The summed E-state index contributed by atoms with van der Waals surface area (Å²) >= 11 is 27.9. The second-order valence-corrected chi connectivity index (χ2v) is 71.2. The second-order valence-electron chi connectivity index (χ2n) is 11.0. The summed E-state index contributed by atoms with van der Waals surface area (Å²) in [4.78, 5) is 8.84. The van der Waals surface area contributed by atoms with Crippen molar-refractivity contribution in [2.45, 2.75) is 89.4 Å². The lowest BCUT2D eigenvalue weighted by atomic mass is 10.1.